The molecule has 1 heterocycles. The Bertz CT molecular complexity index is 585. The number of hydrogen-bond acceptors (Lipinski definition) is 3. The van der Waals surface area contributed by atoms with Crippen molar-refractivity contribution >= 4 is 11.8 Å². The van der Waals surface area contributed by atoms with Crippen LogP contribution in [0.15, 0.2) is 24.3 Å². The average molecular weight is 360 g/mol. The Hall–Kier alpha value is -1.88. The molecule has 0 aromatic heterocycles. The maximum atomic E-state index is 12.3. The Kier molecular flexibility index (Phi) is 8.10. The number of likely N-dealkylation sites (tertiary alicyclic amines) is 1. The van der Waals surface area contributed by atoms with E-state index < -0.39 is 0 Å². The van der Waals surface area contributed by atoms with E-state index in [0.717, 1.165) is 24.1 Å². The van der Waals surface area contributed by atoms with E-state index in [9.17, 15) is 9.59 Å². The van der Waals surface area contributed by atoms with Crippen molar-refractivity contribution in [2.45, 2.75) is 65.0 Å². The third-order valence-corrected chi connectivity index (χ3v) is 5.13. The average Bonchev–Trinajstić information content (AvgIpc) is 2.60. The van der Waals surface area contributed by atoms with Gasteiger partial charge in [-0.15, -0.1) is 0 Å². The van der Waals surface area contributed by atoms with Crippen molar-refractivity contribution in [3.63, 3.8) is 0 Å². The first-order chi connectivity index (χ1) is 12.5. The summed E-state index contributed by atoms with van der Waals surface area (Å²) >= 11 is 0. The number of piperidine rings is 1. The van der Waals surface area contributed by atoms with Crippen molar-refractivity contribution in [2.75, 3.05) is 19.6 Å². The molecular weight excluding hydrogens is 326 g/mol. The number of aryl methyl sites for hydroxylation is 1. The van der Waals surface area contributed by atoms with E-state index in [1.165, 1.54) is 32.7 Å². The highest BCUT2D eigenvalue weighted by atomic mass is 16.2. The Labute approximate surface area is 157 Å². The molecule has 5 nitrogen and oxygen atoms in total. The van der Waals surface area contributed by atoms with Crippen molar-refractivity contribution < 1.29 is 9.59 Å². The molecule has 1 aliphatic heterocycles. The van der Waals surface area contributed by atoms with E-state index in [0.29, 0.717) is 12.6 Å². The summed E-state index contributed by atoms with van der Waals surface area (Å²) in [5.41, 5.74) is 2.12. The van der Waals surface area contributed by atoms with Crippen LogP contribution in [0.5, 0.6) is 0 Å². The standard InChI is InChI=1S/C21H33N3O2/c1-16-8-10-19(11-9-16)20(23-18(3)25)15-21(26)22-12-6-14-24-13-5-4-7-17(24)2/h8-11,17,20H,4-7,12-15H2,1-3H3,(H,22,26)(H,23,25). The fraction of sp³-hybridized carbons (Fsp3) is 0.619. The highest BCUT2D eigenvalue weighted by Gasteiger charge is 2.18. The van der Waals surface area contributed by atoms with Crippen molar-refractivity contribution in [3.05, 3.63) is 35.4 Å². The van der Waals surface area contributed by atoms with Crippen LogP contribution in [0, 0.1) is 6.92 Å². The van der Waals surface area contributed by atoms with E-state index in [1.54, 1.807) is 0 Å². The van der Waals surface area contributed by atoms with Gasteiger partial charge in [0.1, 0.15) is 0 Å². The molecule has 0 spiro atoms. The zero-order valence-corrected chi connectivity index (χ0v) is 16.4. The summed E-state index contributed by atoms with van der Waals surface area (Å²) in [5.74, 6) is -0.140. The number of nitrogens with one attached hydrogen (secondary N) is 2. The van der Waals surface area contributed by atoms with Gasteiger partial charge in [0, 0.05) is 26.1 Å². The van der Waals surface area contributed by atoms with Gasteiger partial charge in [-0.05, 0) is 45.2 Å². The van der Waals surface area contributed by atoms with Gasteiger partial charge in [0.2, 0.25) is 11.8 Å². The van der Waals surface area contributed by atoms with E-state index in [4.69, 9.17) is 0 Å². The quantitative estimate of drug-likeness (QED) is 0.702. The maximum absolute atomic E-state index is 12.3. The maximum Gasteiger partial charge on any atom is 0.222 e. The smallest absolute Gasteiger partial charge is 0.222 e. The van der Waals surface area contributed by atoms with E-state index >= 15 is 0 Å². The number of rotatable bonds is 8. The lowest BCUT2D eigenvalue weighted by molar-refractivity contribution is -0.122. The molecule has 2 amide bonds. The molecule has 2 atom stereocenters. The first kappa shape index (κ1) is 20.4. The van der Waals surface area contributed by atoms with E-state index in [-0.39, 0.29) is 24.3 Å². The molecule has 1 saturated heterocycles. The van der Waals surface area contributed by atoms with Crippen LogP contribution in [-0.4, -0.2) is 42.4 Å². The first-order valence-electron chi connectivity index (χ1n) is 9.80. The predicted molar refractivity (Wildman–Crippen MR) is 105 cm³/mol. The Morgan fingerprint density at radius 1 is 1.23 bits per heavy atom. The molecule has 0 radical (unpaired) electrons. The summed E-state index contributed by atoms with van der Waals surface area (Å²) in [7, 11) is 0. The van der Waals surface area contributed by atoms with Gasteiger partial charge in [-0.3, -0.25) is 9.59 Å². The number of amides is 2. The fourth-order valence-corrected chi connectivity index (χ4v) is 3.55. The SMILES string of the molecule is CC(=O)NC(CC(=O)NCCCN1CCCCC1C)c1ccc(C)cc1. The van der Waals surface area contributed by atoms with Crippen LogP contribution >= 0.6 is 0 Å². The Balaban J connectivity index is 1.77. The van der Waals surface area contributed by atoms with Gasteiger partial charge < -0.3 is 15.5 Å². The largest absolute Gasteiger partial charge is 0.356 e. The minimum Gasteiger partial charge on any atom is -0.356 e. The summed E-state index contributed by atoms with van der Waals surface area (Å²) in [4.78, 5) is 26.3. The zero-order chi connectivity index (χ0) is 18.9. The number of benzene rings is 1. The van der Waals surface area contributed by atoms with Crippen molar-refractivity contribution in [3.8, 4) is 0 Å². The van der Waals surface area contributed by atoms with Gasteiger partial charge in [0.25, 0.3) is 0 Å². The van der Waals surface area contributed by atoms with Gasteiger partial charge in [0.05, 0.1) is 12.5 Å². The van der Waals surface area contributed by atoms with E-state index in [2.05, 4.69) is 22.5 Å². The van der Waals surface area contributed by atoms with Gasteiger partial charge in [-0.25, -0.2) is 0 Å². The molecule has 1 aliphatic rings. The van der Waals surface area contributed by atoms with Crippen molar-refractivity contribution in [2.24, 2.45) is 0 Å². The van der Waals surface area contributed by atoms with Gasteiger partial charge in [0.15, 0.2) is 0 Å². The minimum atomic E-state index is -0.282. The summed E-state index contributed by atoms with van der Waals surface area (Å²) in [6.45, 7) is 8.69. The Morgan fingerprint density at radius 3 is 2.62 bits per heavy atom. The summed E-state index contributed by atoms with van der Waals surface area (Å²) < 4.78 is 0. The number of carbonyl (C=O) groups excluding carboxylic acids is 2. The molecule has 1 aromatic carbocycles. The van der Waals surface area contributed by atoms with Crippen LogP contribution in [0.2, 0.25) is 0 Å². The first-order valence-corrected chi connectivity index (χ1v) is 9.80. The molecule has 1 aromatic rings. The molecule has 26 heavy (non-hydrogen) atoms. The molecule has 0 bridgehead atoms. The second-order valence-corrected chi connectivity index (χ2v) is 7.45. The van der Waals surface area contributed by atoms with E-state index in [1.807, 2.05) is 31.2 Å². The van der Waals surface area contributed by atoms with Crippen LogP contribution in [-0.2, 0) is 9.59 Å². The second kappa shape index (κ2) is 10.3. The zero-order valence-electron chi connectivity index (χ0n) is 16.4. The lowest BCUT2D eigenvalue weighted by Gasteiger charge is -2.33. The van der Waals surface area contributed by atoms with Gasteiger partial charge in [-0.2, -0.15) is 0 Å². The molecule has 1 fully saturated rings. The lowest BCUT2D eigenvalue weighted by Crippen LogP contribution is -2.39. The van der Waals surface area contributed by atoms with Gasteiger partial charge in [-0.1, -0.05) is 36.2 Å². The number of carbonyl (C=O) groups is 2. The second-order valence-electron chi connectivity index (χ2n) is 7.45. The number of hydrogen-bond donors (Lipinski definition) is 2. The monoisotopic (exact) mass is 359 g/mol. The molecule has 2 rings (SSSR count). The van der Waals surface area contributed by atoms with Crippen LogP contribution in [0.3, 0.4) is 0 Å². The van der Waals surface area contributed by atoms with Crippen molar-refractivity contribution in [1.29, 1.82) is 0 Å². The molecule has 0 saturated carbocycles. The minimum absolute atomic E-state index is 0.0176. The fourth-order valence-electron chi connectivity index (χ4n) is 3.55. The van der Waals surface area contributed by atoms with Crippen LogP contribution in [0.25, 0.3) is 0 Å². The molecule has 5 heteroatoms. The molecule has 0 aliphatic carbocycles. The molecule has 2 N–H and O–H groups in total. The predicted octanol–water partition coefficient (Wildman–Crippen LogP) is 2.94. The highest BCUT2D eigenvalue weighted by Crippen LogP contribution is 2.18. The van der Waals surface area contributed by atoms with Crippen LogP contribution in [0.4, 0.5) is 0 Å². The highest BCUT2D eigenvalue weighted by molar-refractivity contribution is 5.79. The summed E-state index contributed by atoms with van der Waals surface area (Å²) in [6, 6.07) is 8.33. The topological polar surface area (TPSA) is 61.4 Å². The third-order valence-electron chi connectivity index (χ3n) is 5.13. The molecule has 2 unspecified atom stereocenters. The lowest BCUT2D eigenvalue weighted by atomic mass is 10.0. The van der Waals surface area contributed by atoms with Crippen molar-refractivity contribution in [1.82, 2.24) is 15.5 Å². The van der Waals surface area contributed by atoms with Gasteiger partial charge >= 0.3 is 0 Å². The summed E-state index contributed by atoms with van der Waals surface area (Å²) in [5, 5.41) is 5.89. The molecular formula is C21H33N3O2. The summed E-state index contributed by atoms with van der Waals surface area (Å²) in [6.07, 6.45) is 5.12. The van der Waals surface area contributed by atoms with Crippen LogP contribution < -0.4 is 10.6 Å². The normalized spacial score (nSPS) is 19.0. The third kappa shape index (κ3) is 6.79. The number of nitrogens with zero attached hydrogens (tertiary/aromatic N) is 1. The van der Waals surface area contributed by atoms with Crippen LogP contribution in [0.1, 0.15) is 63.1 Å². The molecule has 144 valence electrons. The Morgan fingerprint density at radius 2 is 1.96 bits per heavy atom.